The summed E-state index contributed by atoms with van der Waals surface area (Å²) in [7, 11) is 1.97. The van der Waals surface area contributed by atoms with E-state index in [2.05, 4.69) is 4.90 Å². The lowest BCUT2D eigenvalue weighted by Crippen LogP contribution is -2.55. The Labute approximate surface area is 110 Å². The van der Waals surface area contributed by atoms with Gasteiger partial charge in [0.1, 0.15) is 5.69 Å². The van der Waals surface area contributed by atoms with Crippen LogP contribution in [0, 0.1) is 15.9 Å². The molecule has 19 heavy (non-hydrogen) atoms. The highest BCUT2D eigenvalue weighted by Crippen LogP contribution is 2.32. The first-order valence-electron chi connectivity index (χ1n) is 6.12. The fraction of sp³-hybridized carbons (Fsp3) is 0.500. The van der Waals surface area contributed by atoms with Gasteiger partial charge >= 0.3 is 5.69 Å². The van der Waals surface area contributed by atoms with Gasteiger partial charge in [0.25, 0.3) is 0 Å². The largest absolute Gasteiger partial charge is 0.359 e. The molecule has 0 aromatic heterocycles. The summed E-state index contributed by atoms with van der Waals surface area (Å²) in [6, 6.07) is 4.13. The molecule has 0 radical (unpaired) electrons. The Balaban J connectivity index is 2.40. The molecule has 1 saturated heterocycles. The van der Waals surface area contributed by atoms with Crippen molar-refractivity contribution in [3.8, 4) is 0 Å². The SMILES string of the molecule is CN1CCN(c2cccc(F)c2[N+](=O)[O-])C(CN)C1. The third kappa shape index (κ3) is 2.66. The Morgan fingerprint density at radius 3 is 2.89 bits per heavy atom. The summed E-state index contributed by atoms with van der Waals surface area (Å²) in [6.45, 7) is 2.45. The number of likely N-dealkylation sites (N-methyl/N-ethyl adjacent to an activating group) is 1. The summed E-state index contributed by atoms with van der Waals surface area (Å²) in [5.74, 6) is -0.808. The van der Waals surface area contributed by atoms with Crippen molar-refractivity contribution in [1.82, 2.24) is 4.90 Å². The third-order valence-corrected chi connectivity index (χ3v) is 3.42. The maximum absolute atomic E-state index is 13.7. The average Bonchev–Trinajstić information content (AvgIpc) is 2.37. The molecule has 2 N–H and O–H groups in total. The van der Waals surface area contributed by atoms with Gasteiger partial charge in [-0.25, -0.2) is 0 Å². The molecule has 1 aliphatic rings. The van der Waals surface area contributed by atoms with Crippen molar-refractivity contribution < 1.29 is 9.31 Å². The van der Waals surface area contributed by atoms with Gasteiger partial charge in [-0.05, 0) is 19.2 Å². The summed E-state index contributed by atoms with van der Waals surface area (Å²) < 4.78 is 13.7. The van der Waals surface area contributed by atoms with Gasteiger partial charge in [-0.2, -0.15) is 4.39 Å². The number of nitrogens with two attached hydrogens (primary N) is 1. The lowest BCUT2D eigenvalue weighted by Gasteiger charge is -2.40. The highest BCUT2D eigenvalue weighted by molar-refractivity contribution is 5.64. The molecule has 1 aliphatic heterocycles. The second-order valence-electron chi connectivity index (χ2n) is 4.71. The van der Waals surface area contributed by atoms with E-state index in [9.17, 15) is 14.5 Å². The second kappa shape index (κ2) is 5.50. The number of para-hydroxylation sites is 1. The number of halogens is 1. The Kier molecular flexibility index (Phi) is 3.96. The van der Waals surface area contributed by atoms with E-state index < -0.39 is 16.4 Å². The minimum absolute atomic E-state index is 0.0424. The van der Waals surface area contributed by atoms with Gasteiger partial charge in [-0.3, -0.25) is 10.1 Å². The Bertz CT molecular complexity index is 483. The van der Waals surface area contributed by atoms with Gasteiger partial charge in [-0.15, -0.1) is 0 Å². The van der Waals surface area contributed by atoms with Gasteiger partial charge in [0.05, 0.1) is 11.0 Å². The number of benzene rings is 1. The first kappa shape index (κ1) is 13.7. The van der Waals surface area contributed by atoms with Crippen LogP contribution in [0.2, 0.25) is 0 Å². The minimum atomic E-state index is -0.808. The van der Waals surface area contributed by atoms with Gasteiger partial charge in [0.2, 0.25) is 5.82 Å². The number of anilines is 1. The molecule has 104 valence electrons. The number of hydrogen-bond acceptors (Lipinski definition) is 5. The molecule has 6 nitrogen and oxygen atoms in total. The molecule has 0 bridgehead atoms. The van der Waals surface area contributed by atoms with Crippen LogP contribution in [0.1, 0.15) is 0 Å². The van der Waals surface area contributed by atoms with Crippen LogP contribution in [0.5, 0.6) is 0 Å². The molecule has 1 unspecified atom stereocenters. The van der Waals surface area contributed by atoms with Gasteiger partial charge in [-0.1, -0.05) is 6.07 Å². The summed E-state index contributed by atoms with van der Waals surface area (Å²) in [6.07, 6.45) is 0. The zero-order valence-corrected chi connectivity index (χ0v) is 10.8. The highest BCUT2D eigenvalue weighted by atomic mass is 19.1. The summed E-state index contributed by atoms with van der Waals surface area (Å²) in [5.41, 5.74) is 5.57. The zero-order chi connectivity index (χ0) is 14.0. The molecule has 0 amide bonds. The predicted octanol–water partition coefficient (Wildman–Crippen LogP) is 0.813. The summed E-state index contributed by atoms with van der Waals surface area (Å²) in [4.78, 5) is 14.3. The topological polar surface area (TPSA) is 75.6 Å². The van der Waals surface area contributed by atoms with E-state index in [1.807, 2.05) is 11.9 Å². The maximum atomic E-state index is 13.7. The molecular weight excluding hydrogens is 251 g/mol. The van der Waals surface area contributed by atoms with Crippen LogP contribution in [0.3, 0.4) is 0 Å². The van der Waals surface area contributed by atoms with Crippen molar-refractivity contribution >= 4 is 11.4 Å². The Hall–Kier alpha value is -1.73. The van der Waals surface area contributed by atoms with Crippen molar-refractivity contribution in [3.05, 3.63) is 34.1 Å². The average molecular weight is 268 g/mol. The van der Waals surface area contributed by atoms with Gasteiger partial charge < -0.3 is 15.5 Å². The van der Waals surface area contributed by atoms with E-state index >= 15 is 0 Å². The van der Waals surface area contributed by atoms with E-state index in [0.29, 0.717) is 25.3 Å². The van der Waals surface area contributed by atoms with Crippen LogP contribution >= 0.6 is 0 Å². The molecule has 7 heteroatoms. The predicted molar refractivity (Wildman–Crippen MR) is 70.7 cm³/mol. The van der Waals surface area contributed by atoms with Crippen molar-refractivity contribution in [2.45, 2.75) is 6.04 Å². The van der Waals surface area contributed by atoms with E-state index in [0.717, 1.165) is 12.6 Å². The van der Waals surface area contributed by atoms with Gasteiger partial charge in [0, 0.05) is 26.2 Å². The summed E-state index contributed by atoms with van der Waals surface area (Å²) >= 11 is 0. The van der Waals surface area contributed by atoms with Crippen molar-refractivity contribution in [2.75, 3.05) is 38.1 Å². The number of rotatable bonds is 3. The van der Waals surface area contributed by atoms with Crippen LogP contribution in [-0.4, -0.2) is 49.1 Å². The van der Waals surface area contributed by atoms with Crippen LogP contribution in [-0.2, 0) is 0 Å². The molecule has 0 spiro atoms. The molecule has 0 saturated carbocycles. The van der Waals surface area contributed by atoms with E-state index in [1.165, 1.54) is 6.07 Å². The van der Waals surface area contributed by atoms with Crippen LogP contribution in [0.4, 0.5) is 15.8 Å². The number of piperazine rings is 1. The molecular formula is C12H17FN4O2. The van der Waals surface area contributed by atoms with Crippen molar-refractivity contribution in [1.29, 1.82) is 0 Å². The lowest BCUT2D eigenvalue weighted by atomic mass is 10.1. The lowest BCUT2D eigenvalue weighted by molar-refractivity contribution is -0.386. The van der Waals surface area contributed by atoms with E-state index in [4.69, 9.17) is 5.73 Å². The first-order valence-corrected chi connectivity index (χ1v) is 6.12. The second-order valence-corrected chi connectivity index (χ2v) is 4.71. The molecule has 1 atom stereocenters. The normalized spacial score (nSPS) is 20.6. The minimum Gasteiger partial charge on any atom is -0.359 e. The zero-order valence-electron chi connectivity index (χ0n) is 10.8. The number of nitro benzene ring substituents is 1. The van der Waals surface area contributed by atoms with Crippen LogP contribution in [0.25, 0.3) is 0 Å². The van der Waals surface area contributed by atoms with Gasteiger partial charge in [0.15, 0.2) is 0 Å². The third-order valence-electron chi connectivity index (χ3n) is 3.42. The molecule has 1 fully saturated rings. The first-order chi connectivity index (χ1) is 9.04. The van der Waals surface area contributed by atoms with Crippen molar-refractivity contribution in [2.24, 2.45) is 5.73 Å². The molecule has 0 aliphatic carbocycles. The molecule has 1 aromatic rings. The fourth-order valence-corrected chi connectivity index (χ4v) is 2.45. The molecule has 1 aromatic carbocycles. The quantitative estimate of drug-likeness (QED) is 0.648. The fourth-order valence-electron chi connectivity index (χ4n) is 2.45. The van der Waals surface area contributed by atoms with Crippen LogP contribution in [0.15, 0.2) is 18.2 Å². The number of nitro groups is 1. The molecule has 1 heterocycles. The Morgan fingerprint density at radius 1 is 1.53 bits per heavy atom. The van der Waals surface area contributed by atoms with Crippen LogP contribution < -0.4 is 10.6 Å². The standard InChI is InChI=1S/C12H17FN4O2/c1-15-5-6-16(9(7-14)8-15)11-4-2-3-10(13)12(11)17(18)19/h2-4,9H,5-8,14H2,1H3. The maximum Gasteiger partial charge on any atom is 0.327 e. The highest BCUT2D eigenvalue weighted by Gasteiger charge is 2.31. The summed E-state index contributed by atoms with van der Waals surface area (Å²) in [5, 5.41) is 11.0. The van der Waals surface area contributed by atoms with E-state index in [1.54, 1.807) is 6.07 Å². The smallest absolute Gasteiger partial charge is 0.327 e. The van der Waals surface area contributed by atoms with Crippen molar-refractivity contribution in [3.63, 3.8) is 0 Å². The van der Waals surface area contributed by atoms with E-state index in [-0.39, 0.29) is 6.04 Å². The monoisotopic (exact) mass is 268 g/mol. The molecule has 2 rings (SSSR count). The number of nitrogens with zero attached hydrogens (tertiary/aromatic N) is 3. The number of hydrogen-bond donors (Lipinski definition) is 1. The Morgan fingerprint density at radius 2 is 2.26 bits per heavy atom.